The van der Waals surface area contributed by atoms with Crippen LogP contribution in [0.1, 0.15) is 47.6 Å². The van der Waals surface area contributed by atoms with Crippen LogP contribution >= 0.6 is 11.6 Å². The lowest BCUT2D eigenvalue weighted by Crippen LogP contribution is -2.42. The molecule has 8 heteroatoms. The normalized spacial score (nSPS) is 17.0. The molecule has 7 rings (SSSR count). The Morgan fingerprint density at radius 2 is 1.38 bits per heavy atom. The van der Waals surface area contributed by atoms with Crippen LogP contribution in [0.4, 0.5) is 0 Å². The summed E-state index contributed by atoms with van der Waals surface area (Å²) in [6.07, 6.45) is 2.77. The van der Waals surface area contributed by atoms with Crippen molar-refractivity contribution in [3.05, 3.63) is 135 Å². The Hall–Kier alpha value is -5.01. The maximum atomic E-state index is 14.8. The molecule has 0 fully saturated rings. The molecule has 0 N–H and O–H groups in total. The Morgan fingerprint density at radius 3 is 1.98 bits per heavy atom. The monoisotopic (exact) mass is 661 g/mol. The summed E-state index contributed by atoms with van der Waals surface area (Å²) in [4.78, 5) is 31.2. The second-order valence-corrected chi connectivity index (χ2v) is 12.3. The fraction of sp³-hybridized carbons (Fsp3) is 0.250. The first-order chi connectivity index (χ1) is 23.4. The number of ether oxygens (including phenoxy) is 4. The van der Waals surface area contributed by atoms with Gasteiger partial charge in [-0.3, -0.25) is 0 Å². The van der Waals surface area contributed by atoms with Crippen molar-refractivity contribution in [2.45, 2.75) is 31.6 Å². The molecule has 0 saturated carbocycles. The van der Waals surface area contributed by atoms with Gasteiger partial charge in [0, 0.05) is 28.7 Å². The first-order valence-corrected chi connectivity index (χ1v) is 16.5. The number of benzene rings is 4. The van der Waals surface area contributed by atoms with E-state index in [2.05, 4.69) is 30.3 Å². The van der Waals surface area contributed by atoms with Crippen LogP contribution < -0.4 is 9.47 Å². The van der Waals surface area contributed by atoms with Crippen LogP contribution in [0.15, 0.2) is 102 Å². The van der Waals surface area contributed by atoms with E-state index in [0.29, 0.717) is 29.5 Å². The topological polar surface area (TPSA) is 74.3 Å². The van der Waals surface area contributed by atoms with Crippen LogP contribution in [-0.2, 0) is 30.9 Å². The molecule has 0 amide bonds. The van der Waals surface area contributed by atoms with Gasteiger partial charge in [0.2, 0.25) is 0 Å². The zero-order valence-electron chi connectivity index (χ0n) is 27.3. The molecule has 244 valence electrons. The Morgan fingerprint density at radius 1 is 0.792 bits per heavy atom. The molecule has 7 nitrogen and oxygen atoms in total. The maximum absolute atomic E-state index is 14.8. The van der Waals surface area contributed by atoms with Crippen molar-refractivity contribution in [2.24, 2.45) is 0 Å². The Balaban J connectivity index is 1.69. The molecular formula is C40H36ClNO6. The number of carbonyl (C=O) groups excluding carboxylic acids is 2. The van der Waals surface area contributed by atoms with Crippen LogP contribution in [-0.4, -0.2) is 50.8 Å². The van der Waals surface area contributed by atoms with E-state index in [1.807, 2.05) is 65.6 Å². The van der Waals surface area contributed by atoms with E-state index in [1.54, 1.807) is 28.1 Å². The summed E-state index contributed by atoms with van der Waals surface area (Å²) in [5.74, 6) is -0.476. The van der Waals surface area contributed by atoms with Crippen molar-refractivity contribution >= 4 is 29.2 Å². The molecule has 48 heavy (non-hydrogen) atoms. The molecule has 3 aliphatic rings. The maximum Gasteiger partial charge on any atom is 0.355 e. The summed E-state index contributed by atoms with van der Waals surface area (Å²) < 4.78 is 23.2. The van der Waals surface area contributed by atoms with Gasteiger partial charge in [-0.2, -0.15) is 0 Å². The molecule has 0 saturated heterocycles. The molecule has 1 aliphatic carbocycles. The largest absolute Gasteiger partial charge is 0.493 e. The summed E-state index contributed by atoms with van der Waals surface area (Å²) in [5, 5.41) is 0.594. The van der Waals surface area contributed by atoms with Gasteiger partial charge >= 0.3 is 11.9 Å². The smallest absolute Gasteiger partial charge is 0.355 e. The second kappa shape index (κ2) is 12.5. The van der Waals surface area contributed by atoms with Crippen LogP contribution in [0, 0.1) is 0 Å². The van der Waals surface area contributed by atoms with E-state index in [4.69, 9.17) is 30.5 Å². The van der Waals surface area contributed by atoms with Crippen LogP contribution in [0.3, 0.4) is 0 Å². The van der Waals surface area contributed by atoms with Crippen molar-refractivity contribution in [1.29, 1.82) is 0 Å². The van der Waals surface area contributed by atoms with Gasteiger partial charge in [0.25, 0.3) is 0 Å². The van der Waals surface area contributed by atoms with E-state index >= 15 is 0 Å². The lowest BCUT2D eigenvalue weighted by molar-refractivity contribution is -0.143. The molecule has 4 aromatic rings. The molecule has 1 spiro atoms. The van der Waals surface area contributed by atoms with Gasteiger partial charge < -0.3 is 23.8 Å². The summed E-state index contributed by atoms with van der Waals surface area (Å²) in [6.45, 7) is 4.22. The number of hydrogen-bond acceptors (Lipinski definition) is 7. The predicted molar refractivity (Wildman–Crippen MR) is 185 cm³/mol. The molecule has 2 heterocycles. The van der Waals surface area contributed by atoms with Gasteiger partial charge in [0.15, 0.2) is 11.5 Å². The summed E-state index contributed by atoms with van der Waals surface area (Å²) in [5.41, 5.74) is 6.60. The molecule has 0 aromatic heterocycles. The van der Waals surface area contributed by atoms with Crippen molar-refractivity contribution in [3.8, 4) is 22.6 Å². The first kappa shape index (κ1) is 31.6. The molecule has 0 radical (unpaired) electrons. The SMILES string of the molecule is CCOC(=O)C1=C(C(=O)OCC)C2(c3ccccc3-c3ccccc32)C(c2ccc(Cl)cc2)C=C2c3cc(OC)c(OC)cc3CCN21. The van der Waals surface area contributed by atoms with Crippen LogP contribution in [0.5, 0.6) is 11.5 Å². The van der Waals surface area contributed by atoms with Crippen molar-refractivity contribution in [3.63, 3.8) is 0 Å². The fourth-order valence-electron chi connectivity index (χ4n) is 7.80. The number of methoxy groups -OCH3 is 2. The first-order valence-electron chi connectivity index (χ1n) is 16.2. The van der Waals surface area contributed by atoms with Gasteiger partial charge in [-0.05, 0) is 77.9 Å². The van der Waals surface area contributed by atoms with E-state index in [1.165, 1.54) is 0 Å². The Kier molecular flexibility index (Phi) is 8.25. The molecule has 1 atom stereocenters. The average molecular weight is 662 g/mol. The molecule has 1 unspecified atom stereocenters. The third kappa shape index (κ3) is 4.71. The lowest BCUT2D eigenvalue weighted by Gasteiger charge is -2.40. The number of halogens is 1. The standard InChI is InChI=1S/C40H36ClNO6/c1-5-47-38(43)36-37(39(44)48-6-2)42-20-19-25-21-34(45-3)35(46-4)22-29(25)33(42)23-32(24-15-17-26(41)18-16-24)40(36)30-13-9-7-11-27(30)28-12-8-10-14-31(28)40/h7-18,21-23,32H,5-6,19-20H2,1-4H3. The summed E-state index contributed by atoms with van der Waals surface area (Å²) in [6, 6.07) is 27.9. The number of fused-ring (bicyclic) bond motifs is 8. The molecular weight excluding hydrogens is 626 g/mol. The molecule has 4 aromatic carbocycles. The number of carbonyl (C=O) groups is 2. The Labute approximate surface area is 285 Å². The number of esters is 2. The number of allylic oxidation sites excluding steroid dienone is 1. The van der Waals surface area contributed by atoms with Gasteiger partial charge in [0.05, 0.1) is 38.4 Å². The average Bonchev–Trinajstić information content (AvgIpc) is 3.31. The van der Waals surface area contributed by atoms with Gasteiger partial charge in [-0.15, -0.1) is 0 Å². The molecule has 2 aliphatic heterocycles. The van der Waals surface area contributed by atoms with Crippen molar-refractivity contribution in [1.82, 2.24) is 4.90 Å². The highest BCUT2D eigenvalue weighted by Crippen LogP contribution is 2.62. The number of nitrogens with zero attached hydrogens (tertiary/aromatic N) is 1. The van der Waals surface area contributed by atoms with E-state index in [9.17, 15) is 9.59 Å². The second-order valence-electron chi connectivity index (χ2n) is 11.9. The minimum Gasteiger partial charge on any atom is -0.493 e. The lowest BCUT2D eigenvalue weighted by atomic mass is 9.61. The third-order valence-corrected chi connectivity index (χ3v) is 9.90. The van der Waals surface area contributed by atoms with Crippen LogP contribution in [0.25, 0.3) is 16.8 Å². The predicted octanol–water partition coefficient (Wildman–Crippen LogP) is 7.70. The van der Waals surface area contributed by atoms with Crippen LogP contribution in [0.2, 0.25) is 5.02 Å². The van der Waals surface area contributed by atoms with Gasteiger partial charge in [-0.1, -0.05) is 78.3 Å². The van der Waals surface area contributed by atoms with Gasteiger partial charge in [-0.25, -0.2) is 9.59 Å². The third-order valence-electron chi connectivity index (χ3n) is 9.64. The van der Waals surface area contributed by atoms with E-state index in [-0.39, 0.29) is 24.5 Å². The van der Waals surface area contributed by atoms with E-state index in [0.717, 1.165) is 44.6 Å². The number of rotatable bonds is 7. The zero-order chi connectivity index (χ0) is 33.6. The molecule has 0 bridgehead atoms. The highest BCUT2D eigenvalue weighted by Gasteiger charge is 2.58. The zero-order valence-corrected chi connectivity index (χ0v) is 28.1. The van der Waals surface area contributed by atoms with Gasteiger partial charge in [0.1, 0.15) is 5.70 Å². The highest BCUT2D eigenvalue weighted by molar-refractivity contribution is 6.30. The highest BCUT2D eigenvalue weighted by atomic mass is 35.5. The number of hydrogen-bond donors (Lipinski definition) is 0. The van der Waals surface area contributed by atoms with Crippen molar-refractivity contribution in [2.75, 3.05) is 34.0 Å². The van der Waals surface area contributed by atoms with E-state index < -0.39 is 23.3 Å². The quantitative estimate of drug-likeness (QED) is 0.188. The minimum atomic E-state index is -1.18. The minimum absolute atomic E-state index is 0.129. The Bertz CT molecular complexity index is 1950. The fourth-order valence-corrected chi connectivity index (χ4v) is 7.92. The van der Waals surface area contributed by atoms with Crippen molar-refractivity contribution < 1.29 is 28.5 Å². The summed E-state index contributed by atoms with van der Waals surface area (Å²) in [7, 11) is 3.22. The summed E-state index contributed by atoms with van der Waals surface area (Å²) >= 11 is 6.46.